The summed E-state index contributed by atoms with van der Waals surface area (Å²) in [5.74, 6) is 2.61. The lowest BCUT2D eigenvalue weighted by Gasteiger charge is -2.27. The zero-order valence-corrected chi connectivity index (χ0v) is 18.0. The van der Waals surface area contributed by atoms with Crippen LogP contribution in [-0.4, -0.2) is 13.7 Å². The molecule has 0 aliphatic heterocycles. The van der Waals surface area contributed by atoms with E-state index in [1.165, 1.54) is 5.56 Å². The van der Waals surface area contributed by atoms with Gasteiger partial charge < -0.3 is 14.2 Å². The van der Waals surface area contributed by atoms with Crippen LogP contribution < -0.4 is 9.47 Å². The van der Waals surface area contributed by atoms with Crippen molar-refractivity contribution in [3.05, 3.63) is 89.0 Å². The van der Waals surface area contributed by atoms with Crippen LogP contribution in [0, 0.1) is 13.8 Å². The summed E-state index contributed by atoms with van der Waals surface area (Å²) >= 11 is 0. The van der Waals surface area contributed by atoms with E-state index in [1.807, 2.05) is 48.5 Å². The van der Waals surface area contributed by atoms with Crippen molar-refractivity contribution >= 4 is 0 Å². The number of benzene rings is 3. The summed E-state index contributed by atoms with van der Waals surface area (Å²) in [5.41, 5.74) is 4.56. The Morgan fingerprint density at radius 1 is 0.793 bits per heavy atom. The highest BCUT2D eigenvalue weighted by molar-refractivity contribution is 5.45. The second kappa shape index (κ2) is 9.15. The molecular weight excluding hydrogens is 360 g/mol. The van der Waals surface area contributed by atoms with Crippen LogP contribution in [0.4, 0.5) is 0 Å². The normalized spacial score (nSPS) is 11.3. The molecule has 0 fully saturated rings. The molecule has 0 spiro atoms. The van der Waals surface area contributed by atoms with Gasteiger partial charge in [0.1, 0.15) is 17.2 Å². The molecule has 0 saturated heterocycles. The van der Waals surface area contributed by atoms with Crippen LogP contribution in [-0.2, 0) is 16.8 Å². The lowest BCUT2D eigenvalue weighted by atomic mass is 9.83. The summed E-state index contributed by atoms with van der Waals surface area (Å²) in [7, 11) is 1.72. The Hall–Kier alpha value is -2.78. The van der Waals surface area contributed by atoms with Gasteiger partial charge in [0, 0.05) is 5.41 Å². The van der Waals surface area contributed by atoms with Gasteiger partial charge in [-0.25, -0.2) is 0 Å². The molecular formula is C26H30O3. The second-order valence-corrected chi connectivity index (χ2v) is 8.08. The molecule has 0 unspecified atom stereocenters. The Bertz CT molecular complexity index is 922. The zero-order chi connectivity index (χ0) is 20.9. The molecule has 0 amide bonds. The van der Waals surface area contributed by atoms with Crippen molar-refractivity contribution in [2.24, 2.45) is 0 Å². The van der Waals surface area contributed by atoms with Crippen molar-refractivity contribution in [3.8, 4) is 17.2 Å². The monoisotopic (exact) mass is 390 g/mol. The van der Waals surface area contributed by atoms with Crippen LogP contribution in [0.15, 0.2) is 66.7 Å². The summed E-state index contributed by atoms with van der Waals surface area (Å²) in [6.07, 6.45) is 0. The van der Waals surface area contributed by atoms with Crippen LogP contribution in [0.3, 0.4) is 0 Å². The first kappa shape index (κ1) is 20.9. The van der Waals surface area contributed by atoms with Crippen molar-refractivity contribution in [1.82, 2.24) is 0 Å². The van der Waals surface area contributed by atoms with Crippen LogP contribution in [0.5, 0.6) is 17.2 Å². The molecule has 152 valence electrons. The van der Waals surface area contributed by atoms with Gasteiger partial charge in [-0.05, 0) is 60.4 Å². The number of hydrogen-bond donors (Lipinski definition) is 0. The fraction of sp³-hybridized carbons (Fsp3) is 0.308. The van der Waals surface area contributed by atoms with Gasteiger partial charge in [0.2, 0.25) is 0 Å². The number of para-hydroxylation sites is 1. The minimum atomic E-state index is -0.0973. The summed E-state index contributed by atoms with van der Waals surface area (Å²) < 4.78 is 17.5. The van der Waals surface area contributed by atoms with Crippen LogP contribution in [0.25, 0.3) is 0 Å². The highest BCUT2D eigenvalue weighted by Crippen LogP contribution is 2.31. The summed E-state index contributed by atoms with van der Waals surface area (Å²) in [6.45, 7) is 9.77. The Morgan fingerprint density at radius 3 is 2.10 bits per heavy atom. The Labute approximate surface area is 174 Å². The van der Waals surface area contributed by atoms with Crippen LogP contribution >= 0.6 is 0 Å². The molecule has 0 aliphatic carbocycles. The Morgan fingerprint density at radius 2 is 1.45 bits per heavy atom. The molecule has 0 aliphatic rings. The van der Waals surface area contributed by atoms with Crippen molar-refractivity contribution < 1.29 is 14.2 Å². The highest BCUT2D eigenvalue weighted by atomic mass is 16.5. The molecule has 0 bridgehead atoms. The van der Waals surface area contributed by atoms with E-state index < -0.39 is 0 Å². The minimum absolute atomic E-state index is 0.0973. The third kappa shape index (κ3) is 5.39. The first-order valence-electron chi connectivity index (χ1n) is 9.94. The number of hydrogen-bond acceptors (Lipinski definition) is 3. The molecule has 0 aromatic heterocycles. The minimum Gasteiger partial charge on any atom is -0.496 e. The quantitative estimate of drug-likeness (QED) is 0.434. The maximum atomic E-state index is 6.09. The molecule has 3 heteroatoms. The van der Waals surface area contributed by atoms with Gasteiger partial charge in [-0.2, -0.15) is 0 Å². The van der Waals surface area contributed by atoms with E-state index in [2.05, 4.69) is 45.9 Å². The molecule has 0 radical (unpaired) electrons. The molecule has 3 nitrogen and oxygen atoms in total. The maximum Gasteiger partial charge on any atom is 0.127 e. The molecule has 0 saturated carbocycles. The fourth-order valence-electron chi connectivity index (χ4n) is 3.49. The number of rotatable bonds is 8. The van der Waals surface area contributed by atoms with Crippen molar-refractivity contribution in [1.29, 1.82) is 0 Å². The average molecular weight is 391 g/mol. The molecule has 0 atom stereocenters. The average Bonchev–Trinajstić information content (AvgIpc) is 2.69. The number of methoxy groups -OCH3 is 1. The predicted molar refractivity (Wildman–Crippen MR) is 118 cm³/mol. The lowest BCUT2D eigenvalue weighted by Crippen LogP contribution is -2.24. The smallest absolute Gasteiger partial charge is 0.127 e. The van der Waals surface area contributed by atoms with Gasteiger partial charge in [-0.1, -0.05) is 56.3 Å². The summed E-state index contributed by atoms with van der Waals surface area (Å²) in [6, 6.07) is 22.3. The standard InChI is InChI=1S/C26H30O3/c1-19-14-22(15-20(2)25(19)27-5)26(3,4)18-28-17-21-10-9-13-24(16-21)29-23-11-7-6-8-12-23/h6-16H,17-18H2,1-5H3. The third-order valence-electron chi connectivity index (χ3n) is 5.05. The van der Waals surface area contributed by atoms with Gasteiger partial charge in [-0.15, -0.1) is 0 Å². The highest BCUT2D eigenvalue weighted by Gasteiger charge is 2.23. The summed E-state index contributed by atoms with van der Waals surface area (Å²) in [4.78, 5) is 0. The van der Waals surface area contributed by atoms with Gasteiger partial charge in [0.25, 0.3) is 0 Å². The van der Waals surface area contributed by atoms with Crippen molar-refractivity contribution in [3.63, 3.8) is 0 Å². The topological polar surface area (TPSA) is 27.7 Å². The maximum absolute atomic E-state index is 6.09. The Kier molecular flexibility index (Phi) is 6.60. The van der Waals surface area contributed by atoms with Gasteiger partial charge in [-0.3, -0.25) is 0 Å². The van der Waals surface area contributed by atoms with Crippen molar-refractivity contribution in [2.75, 3.05) is 13.7 Å². The molecule has 29 heavy (non-hydrogen) atoms. The summed E-state index contributed by atoms with van der Waals surface area (Å²) in [5, 5.41) is 0. The third-order valence-corrected chi connectivity index (χ3v) is 5.05. The van der Waals surface area contributed by atoms with Gasteiger partial charge in [0.15, 0.2) is 0 Å². The first-order valence-corrected chi connectivity index (χ1v) is 9.94. The van der Waals surface area contributed by atoms with E-state index in [4.69, 9.17) is 14.2 Å². The van der Waals surface area contributed by atoms with E-state index in [-0.39, 0.29) is 5.41 Å². The zero-order valence-electron chi connectivity index (χ0n) is 18.0. The largest absolute Gasteiger partial charge is 0.496 e. The number of ether oxygens (including phenoxy) is 3. The molecule has 0 heterocycles. The number of aryl methyl sites for hydroxylation is 2. The van der Waals surface area contributed by atoms with Crippen LogP contribution in [0.2, 0.25) is 0 Å². The fourth-order valence-corrected chi connectivity index (χ4v) is 3.49. The Balaban J connectivity index is 1.62. The van der Waals surface area contributed by atoms with E-state index in [9.17, 15) is 0 Å². The first-order chi connectivity index (χ1) is 13.9. The second-order valence-electron chi connectivity index (χ2n) is 8.08. The van der Waals surface area contributed by atoms with Crippen LogP contribution in [0.1, 0.15) is 36.1 Å². The van der Waals surface area contributed by atoms with Crippen molar-refractivity contribution in [2.45, 2.75) is 39.7 Å². The molecule has 3 aromatic carbocycles. The van der Waals surface area contributed by atoms with Gasteiger partial charge in [0.05, 0.1) is 20.3 Å². The molecule has 3 rings (SSSR count). The van der Waals surface area contributed by atoms with E-state index >= 15 is 0 Å². The SMILES string of the molecule is COc1c(C)cc(C(C)(C)COCc2cccc(Oc3ccccc3)c2)cc1C. The predicted octanol–water partition coefficient (Wildman–Crippen LogP) is 6.60. The van der Waals surface area contributed by atoms with Gasteiger partial charge >= 0.3 is 0 Å². The van der Waals surface area contributed by atoms with E-state index in [0.29, 0.717) is 13.2 Å². The lowest BCUT2D eigenvalue weighted by molar-refractivity contribution is 0.0823. The van der Waals surface area contributed by atoms with E-state index in [1.54, 1.807) is 7.11 Å². The van der Waals surface area contributed by atoms with E-state index in [0.717, 1.165) is 33.9 Å². The molecule has 0 N–H and O–H groups in total. The molecule has 3 aromatic rings.